The Bertz CT molecular complexity index is 1730. The molecule has 2 amide bonds. The lowest BCUT2D eigenvalue weighted by atomic mass is 9.81. The van der Waals surface area contributed by atoms with Crippen molar-refractivity contribution in [2.24, 2.45) is 10.9 Å². The number of benzene rings is 1. The van der Waals surface area contributed by atoms with Gasteiger partial charge in [0.25, 0.3) is 18.3 Å². The molecule has 1 saturated heterocycles. The van der Waals surface area contributed by atoms with Gasteiger partial charge >= 0.3 is 10.4 Å². The molecular weight excluding hydrogens is 737 g/mol. The van der Waals surface area contributed by atoms with Crippen LogP contribution in [0.15, 0.2) is 28.7 Å². The zero-order valence-corrected chi connectivity index (χ0v) is 31.7. The van der Waals surface area contributed by atoms with Crippen molar-refractivity contribution in [1.29, 1.82) is 5.41 Å². The number of carboxylic acid groups (broad SMARTS) is 1. The average molecular weight is 785 g/mol. The summed E-state index contributed by atoms with van der Waals surface area (Å²) in [7, 11) is -1.20. The third-order valence-corrected chi connectivity index (χ3v) is 10.00. The number of thiazole rings is 1. The van der Waals surface area contributed by atoms with Crippen LogP contribution < -0.4 is 26.8 Å². The van der Waals surface area contributed by atoms with Gasteiger partial charge < -0.3 is 46.9 Å². The summed E-state index contributed by atoms with van der Waals surface area (Å²) < 4.78 is 46.5. The van der Waals surface area contributed by atoms with Crippen molar-refractivity contribution in [3.63, 3.8) is 0 Å². The normalized spacial score (nSPS) is 24.0. The average Bonchev–Trinajstić information content (AvgIpc) is 3.55. The molecule has 9 N–H and O–H groups in total. The summed E-state index contributed by atoms with van der Waals surface area (Å²) in [6.45, 7) is 5.05. The number of methoxy groups -OCH3 is 1. The third-order valence-electron chi connectivity index (χ3n) is 8.98. The lowest BCUT2D eigenvalue weighted by Crippen LogP contribution is -2.76. The van der Waals surface area contributed by atoms with Gasteiger partial charge in [-0.05, 0) is 95.7 Å². The Hall–Kier alpha value is -4.25. The van der Waals surface area contributed by atoms with Crippen LogP contribution in [0.1, 0.15) is 69.7 Å². The molecule has 2 fully saturated rings. The van der Waals surface area contributed by atoms with E-state index >= 15 is 0 Å². The standard InChI is InChI=1S/C22H26N6O8S2.C9H20N2O.CH2O2/c1-11(15-7-5-13-8-12(9-23)4-6-16(13)34-15)35-27-17(14-10-37-21(24)25-14)19(29)26-18-20(30)28(22(18,2)3)36-38(31,32)33;1-11-8-3-5-9(10,6-4-8)7-12-2;2-1-3/h4,6,8-11,15,18,23H,5,7H2,1-3H3,(H2,24,25)(H,26,29)(H,31,32,33);8,11H,3-7,10H2,1-2H3;1H,(H,2,3)/b23-9?,27-17-;;. The van der Waals surface area contributed by atoms with Crippen molar-refractivity contribution in [2.45, 2.75) is 94.7 Å². The molecule has 0 bridgehead atoms. The maximum absolute atomic E-state index is 13.2. The summed E-state index contributed by atoms with van der Waals surface area (Å²) in [5, 5.41) is 26.2. The van der Waals surface area contributed by atoms with Crippen molar-refractivity contribution < 1.29 is 51.1 Å². The van der Waals surface area contributed by atoms with E-state index in [-0.39, 0.29) is 34.7 Å². The number of hydrogen-bond acceptors (Lipinski definition) is 16. The van der Waals surface area contributed by atoms with Crippen molar-refractivity contribution in [3.05, 3.63) is 40.4 Å². The maximum atomic E-state index is 13.2. The summed E-state index contributed by atoms with van der Waals surface area (Å²) in [6.07, 6.45) is 6.14. The number of nitrogen functional groups attached to an aromatic ring is 1. The first-order chi connectivity index (χ1) is 24.9. The van der Waals surface area contributed by atoms with Crippen LogP contribution in [0, 0.1) is 5.41 Å². The van der Waals surface area contributed by atoms with E-state index < -0.39 is 39.9 Å². The number of nitrogens with two attached hydrogens (primary N) is 2. The van der Waals surface area contributed by atoms with E-state index in [1.165, 1.54) is 38.3 Å². The zero-order valence-electron chi connectivity index (χ0n) is 30.1. The molecule has 3 atom stereocenters. The number of nitrogens with one attached hydrogen (secondary N) is 3. The number of rotatable bonds is 12. The van der Waals surface area contributed by atoms with Gasteiger partial charge in [-0.25, -0.2) is 4.98 Å². The fourth-order valence-corrected chi connectivity index (χ4v) is 6.99. The van der Waals surface area contributed by atoms with Crippen LogP contribution >= 0.6 is 11.3 Å². The first-order valence-electron chi connectivity index (χ1n) is 16.5. The molecule has 2 aliphatic heterocycles. The van der Waals surface area contributed by atoms with Crippen LogP contribution in [-0.4, -0.2) is 114 Å². The second-order valence-electron chi connectivity index (χ2n) is 13.2. The molecule has 3 heterocycles. The molecule has 3 unspecified atom stereocenters. The van der Waals surface area contributed by atoms with Gasteiger partial charge in [-0.3, -0.25) is 18.9 Å². The van der Waals surface area contributed by atoms with Crippen LogP contribution in [0.3, 0.4) is 0 Å². The summed E-state index contributed by atoms with van der Waals surface area (Å²) in [5.74, 6) is -1.04. The highest BCUT2D eigenvalue weighted by Crippen LogP contribution is 2.33. The molecule has 1 aromatic carbocycles. The largest absolute Gasteiger partial charge is 0.486 e. The number of nitrogens with zero attached hydrogens (tertiary/aromatic N) is 3. The van der Waals surface area contributed by atoms with E-state index in [9.17, 15) is 18.0 Å². The SMILES string of the molecule is CC(O/N=C(\C(=O)NC1C(=O)N(OS(=O)(=O)O)C1(C)C)c1csc(N)n1)C1CCc2cc(C=N)ccc2O1.CNC1CCC(N)(COC)CC1.O=CO. The Balaban J connectivity index is 0.000000422. The molecule has 3 aliphatic rings. The number of β-lactam (4-membered cyclic amide) rings is 1. The van der Waals surface area contributed by atoms with Gasteiger partial charge in [0, 0.05) is 30.3 Å². The first kappa shape index (κ1) is 43.2. The Morgan fingerprint density at radius 1 is 1.30 bits per heavy atom. The number of anilines is 1. The fraction of sp³-hybridized carbons (Fsp3) is 0.562. The number of hydroxylamine groups is 2. The molecule has 294 valence electrons. The van der Waals surface area contributed by atoms with E-state index in [4.69, 9.17) is 45.6 Å². The number of aromatic nitrogens is 1. The lowest BCUT2D eigenvalue weighted by molar-refractivity contribution is -0.218. The minimum absolute atomic E-state index is 0.0535. The number of aryl methyl sites for hydroxylation is 1. The van der Waals surface area contributed by atoms with Crippen LogP contribution in [0.2, 0.25) is 0 Å². The van der Waals surface area contributed by atoms with Crippen molar-refractivity contribution in [1.82, 2.24) is 20.7 Å². The third kappa shape index (κ3) is 11.6. The van der Waals surface area contributed by atoms with Crippen molar-refractivity contribution in [2.75, 3.05) is 26.5 Å². The first-order valence-corrected chi connectivity index (χ1v) is 18.8. The number of oxime groups is 1. The van der Waals surface area contributed by atoms with Gasteiger partial charge in [-0.1, -0.05) is 5.16 Å². The Kier molecular flexibility index (Phi) is 15.2. The molecule has 1 aromatic heterocycles. The van der Waals surface area contributed by atoms with E-state index in [1.54, 1.807) is 26.2 Å². The van der Waals surface area contributed by atoms with E-state index in [0.717, 1.165) is 35.3 Å². The molecular formula is C32H48N8O11S2. The van der Waals surface area contributed by atoms with Crippen LogP contribution in [0.4, 0.5) is 5.13 Å². The molecule has 53 heavy (non-hydrogen) atoms. The molecule has 1 aliphatic carbocycles. The predicted molar refractivity (Wildman–Crippen MR) is 195 cm³/mol. The molecule has 5 rings (SSSR count). The number of ether oxygens (including phenoxy) is 2. The summed E-state index contributed by atoms with van der Waals surface area (Å²) in [5.41, 5.74) is 12.1. The highest BCUT2D eigenvalue weighted by molar-refractivity contribution is 7.80. The topological polar surface area (TPSA) is 291 Å². The zero-order chi connectivity index (χ0) is 39.6. The van der Waals surface area contributed by atoms with E-state index in [0.29, 0.717) is 36.3 Å². The molecule has 19 nitrogen and oxygen atoms in total. The van der Waals surface area contributed by atoms with Gasteiger partial charge in [-0.2, -0.15) is 13.5 Å². The number of carbonyl (C=O) groups is 3. The van der Waals surface area contributed by atoms with Gasteiger partial charge in [0.15, 0.2) is 16.9 Å². The predicted octanol–water partition coefficient (Wildman–Crippen LogP) is 1.26. The Morgan fingerprint density at radius 2 is 1.96 bits per heavy atom. The van der Waals surface area contributed by atoms with Gasteiger partial charge in [0.2, 0.25) is 0 Å². The number of carbonyl (C=O) groups excluding carboxylic acids is 2. The van der Waals surface area contributed by atoms with Gasteiger partial charge in [0.1, 0.15) is 23.6 Å². The summed E-state index contributed by atoms with van der Waals surface area (Å²) in [6, 6.07) is 4.93. The second kappa shape index (κ2) is 18.7. The molecule has 21 heteroatoms. The lowest BCUT2D eigenvalue weighted by Gasteiger charge is -2.50. The monoisotopic (exact) mass is 784 g/mol. The van der Waals surface area contributed by atoms with E-state index in [2.05, 4.69) is 25.1 Å². The second-order valence-corrected chi connectivity index (χ2v) is 15.1. The molecule has 2 aromatic rings. The smallest absolute Gasteiger partial charge is 0.418 e. The number of fused-ring (bicyclic) bond motifs is 1. The Labute approximate surface area is 311 Å². The van der Waals surface area contributed by atoms with Crippen LogP contribution in [0.5, 0.6) is 5.75 Å². The highest BCUT2D eigenvalue weighted by Gasteiger charge is 2.58. The van der Waals surface area contributed by atoms with Crippen LogP contribution in [0.25, 0.3) is 0 Å². The van der Waals surface area contributed by atoms with Crippen LogP contribution in [-0.2, 0) is 45.1 Å². The summed E-state index contributed by atoms with van der Waals surface area (Å²) >= 11 is 1.07. The fourth-order valence-electron chi connectivity index (χ4n) is 5.99. The van der Waals surface area contributed by atoms with Crippen molar-refractivity contribution >= 4 is 57.1 Å². The molecule has 1 saturated carbocycles. The van der Waals surface area contributed by atoms with Gasteiger partial charge in [0.05, 0.1) is 12.1 Å². The highest BCUT2D eigenvalue weighted by atomic mass is 32.3. The molecule has 0 radical (unpaired) electrons. The quantitative estimate of drug-likeness (QED) is 0.0524. The summed E-state index contributed by atoms with van der Waals surface area (Å²) in [4.78, 5) is 43.7. The Morgan fingerprint density at radius 3 is 2.49 bits per heavy atom. The number of amides is 2. The molecule has 0 spiro atoms. The van der Waals surface area contributed by atoms with Gasteiger partial charge in [-0.15, -0.1) is 15.6 Å². The van der Waals surface area contributed by atoms with Crippen molar-refractivity contribution in [3.8, 4) is 5.75 Å². The minimum atomic E-state index is -4.94. The number of hydrogen-bond donors (Lipinski definition) is 7. The van der Waals surface area contributed by atoms with E-state index in [1.807, 2.05) is 13.1 Å². The minimum Gasteiger partial charge on any atom is -0.486 e. The maximum Gasteiger partial charge on any atom is 0.418 e.